The van der Waals surface area contributed by atoms with Gasteiger partial charge >= 0.3 is 0 Å². The molecule has 1 aliphatic rings. The van der Waals surface area contributed by atoms with Crippen LogP contribution in [0.5, 0.6) is 11.6 Å². The molecule has 140 valence electrons. The molecule has 1 aromatic heterocycles. The Morgan fingerprint density at radius 2 is 1.93 bits per heavy atom. The zero-order valence-corrected chi connectivity index (χ0v) is 15.6. The number of hydrogen-bond acceptors (Lipinski definition) is 5. The van der Waals surface area contributed by atoms with Gasteiger partial charge in [0.2, 0.25) is 5.88 Å². The quantitative estimate of drug-likeness (QED) is 0.512. The highest BCUT2D eigenvalue weighted by Gasteiger charge is 2.27. The molecular weight excluding hydrogens is 340 g/mol. The van der Waals surface area contributed by atoms with Gasteiger partial charge in [0, 0.05) is 24.9 Å². The Bertz CT molecular complexity index is 894. The van der Waals surface area contributed by atoms with E-state index in [0.717, 1.165) is 22.7 Å². The molecule has 2 N–H and O–H groups in total. The van der Waals surface area contributed by atoms with Crippen LogP contribution in [0.2, 0.25) is 0 Å². The van der Waals surface area contributed by atoms with E-state index >= 15 is 0 Å². The van der Waals surface area contributed by atoms with Gasteiger partial charge in [-0.05, 0) is 54.7 Å². The maximum absolute atomic E-state index is 6.02. The number of ether oxygens (including phenoxy) is 2. The summed E-state index contributed by atoms with van der Waals surface area (Å²) in [6.07, 6.45) is 4.35. The van der Waals surface area contributed by atoms with Gasteiger partial charge in [-0.1, -0.05) is 12.1 Å². The predicted octanol–water partition coefficient (Wildman–Crippen LogP) is 3.65. The smallest absolute Gasteiger partial charge is 0.233 e. The molecule has 0 saturated heterocycles. The van der Waals surface area contributed by atoms with E-state index in [1.807, 2.05) is 49.6 Å². The SMILES string of the molecule is COc1ccc(-n2ccc(OCc3c(C4CC4)cccc3N(C)N)n2)cc1. The minimum atomic E-state index is 0.448. The Balaban J connectivity index is 1.52. The van der Waals surface area contributed by atoms with Crippen LogP contribution in [0.3, 0.4) is 0 Å². The van der Waals surface area contributed by atoms with E-state index in [0.29, 0.717) is 18.4 Å². The van der Waals surface area contributed by atoms with Crippen molar-refractivity contribution in [3.63, 3.8) is 0 Å². The third-order valence-corrected chi connectivity index (χ3v) is 4.85. The minimum absolute atomic E-state index is 0.448. The number of nitrogens with zero attached hydrogens (tertiary/aromatic N) is 3. The van der Waals surface area contributed by atoms with Crippen molar-refractivity contribution in [2.24, 2.45) is 5.84 Å². The summed E-state index contributed by atoms with van der Waals surface area (Å²) in [6.45, 7) is 0.448. The van der Waals surface area contributed by atoms with Gasteiger partial charge in [-0.2, -0.15) is 0 Å². The Morgan fingerprint density at radius 3 is 2.59 bits per heavy atom. The lowest BCUT2D eigenvalue weighted by Gasteiger charge is -2.20. The number of hydrazine groups is 1. The summed E-state index contributed by atoms with van der Waals surface area (Å²) >= 11 is 0. The second kappa shape index (κ2) is 7.32. The molecule has 27 heavy (non-hydrogen) atoms. The summed E-state index contributed by atoms with van der Waals surface area (Å²) in [5.74, 6) is 8.05. The lowest BCUT2D eigenvalue weighted by molar-refractivity contribution is 0.291. The molecule has 3 aromatic rings. The largest absolute Gasteiger partial charge is 0.497 e. The monoisotopic (exact) mass is 364 g/mol. The van der Waals surface area contributed by atoms with E-state index in [-0.39, 0.29) is 0 Å². The lowest BCUT2D eigenvalue weighted by atomic mass is 10.0. The summed E-state index contributed by atoms with van der Waals surface area (Å²) in [4.78, 5) is 0. The van der Waals surface area contributed by atoms with Gasteiger partial charge in [-0.3, -0.25) is 0 Å². The van der Waals surface area contributed by atoms with E-state index in [4.69, 9.17) is 15.3 Å². The molecule has 0 bridgehead atoms. The maximum atomic E-state index is 6.02. The van der Waals surface area contributed by atoms with E-state index in [2.05, 4.69) is 17.2 Å². The summed E-state index contributed by atoms with van der Waals surface area (Å²) < 4.78 is 13.0. The molecule has 0 radical (unpaired) electrons. The zero-order valence-electron chi connectivity index (χ0n) is 15.6. The molecule has 2 aromatic carbocycles. The van der Waals surface area contributed by atoms with E-state index in [1.165, 1.54) is 18.4 Å². The lowest BCUT2D eigenvalue weighted by Crippen LogP contribution is -2.27. The fourth-order valence-electron chi connectivity index (χ4n) is 3.27. The molecule has 0 amide bonds. The van der Waals surface area contributed by atoms with Gasteiger partial charge in [-0.25, -0.2) is 10.5 Å². The zero-order chi connectivity index (χ0) is 18.8. The van der Waals surface area contributed by atoms with Crippen molar-refractivity contribution in [3.8, 4) is 17.3 Å². The van der Waals surface area contributed by atoms with E-state index < -0.39 is 0 Å². The normalized spacial score (nSPS) is 13.4. The molecular formula is C21H24N4O2. The Kier molecular flexibility index (Phi) is 4.73. The van der Waals surface area contributed by atoms with Crippen molar-refractivity contribution in [2.75, 3.05) is 19.2 Å². The number of hydrogen-bond donors (Lipinski definition) is 1. The second-order valence-electron chi connectivity index (χ2n) is 6.82. The van der Waals surface area contributed by atoms with Crippen molar-refractivity contribution in [1.29, 1.82) is 0 Å². The van der Waals surface area contributed by atoms with Crippen LogP contribution in [0.25, 0.3) is 5.69 Å². The van der Waals surface area contributed by atoms with Crippen LogP contribution in [-0.4, -0.2) is 23.9 Å². The highest BCUT2D eigenvalue weighted by atomic mass is 16.5. The van der Waals surface area contributed by atoms with E-state index in [9.17, 15) is 0 Å². The van der Waals surface area contributed by atoms with Crippen LogP contribution in [0, 0.1) is 0 Å². The highest BCUT2D eigenvalue weighted by molar-refractivity contribution is 5.57. The first-order valence-electron chi connectivity index (χ1n) is 9.09. The van der Waals surface area contributed by atoms with Gasteiger partial charge < -0.3 is 14.5 Å². The van der Waals surface area contributed by atoms with Crippen LogP contribution in [0.4, 0.5) is 5.69 Å². The average molecular weight is 364 g/mol. The second-order valence-corrected chi connectivity index (χ2v) is 6.82. The number of nitrogens with two attached hydrogens (primary N) is 1. The number of aromatic nitrogens is 2. The molecule has 1 saturated carbocycles. The Labute approximate surface area is 159 Å². The van der Waals surface area contributed by atoms with Crippen LogP contribution >= 0.6 is 0 Å². The molecule has 1 fully saturated rings. The van der Waals surface area contributed by atoms with Gasteiger partial charge in [0.05, 0.1) is 18.5 Å². The number of anilines is 1. The van der Waals surface area contributed by atoms with Gasteiger partial charge in [-0.15, -0.1) is 5.10 Å². The minimum Gasteiger partial charge on any atom is -0.497 e. The van der Waals surface area contributed by atoms with Crippen molar-refractivity contribution in [1.82, 2.24) is 9.78 Å². The van der Waals surface area contributed by atoms with Crippen molar-refractivity contribution >= 4 is 5.69 Å². The predicted molar refractivity (Wildman–Crippen MR) is 105 cm³/mol. The molecule has 0 unspecified atom stereocenters. The number of benzene rings is 2. The summed E-state index contributed by atoms with van der Waals surface area (Å²) in [6, 6.07) is 15.9. The van der Waals surface area contributed by atoms with Gasteiger partial charge in [0.15, 0.2) is 0 Å². The Hall–Kier alpha value is -2.99. The van der Waals surface area contributed by atoms with Crippen molar-refractivity contribution in [3.05, 3.63) is 65.9 Å². The van der Waals surface area contributed by atoms with Crippen molar-refractivity contribution in [2.45, 2.75) is 25.4 Å². The molecule has 6 heteroatoms. The summed E-state index contributed by atoms with van der Waals surface area (Å²) in [5, 5.41) is 6.18. The van der Waals surface area contributed by atoms with Crippen molar-refractivity contribution < 1.29 is 9.47 Å². The first-order chi connectivity index (χ1) is 13.2. The van der Waals surface area contributed by atoms with Gasteiger partial charge in [0.1, 0.15) is 12.4 Å². The third-order valence-electron chi connectivity index (χ3n) is 4.85. The number of rotatable bonds is 7. The molecule has 0 spiro atoms. The average Bonchev–Trinajstić information content (AvgIpc) is 3.43. The molecule has 0 aliphatic heterocycles. The van der Waals surface area contributed by atoms with Crippen LogP contribution in [-0.2, 0) is 6.61 Å². The topological polar surface area (TPSA) is 65.5 Å². The van der Waals surface area contributed by atoms with Gasteiger partial charge in [0.25, 0.3) is 0 Å². The van der Waals surface area contributed by atoms with Crippen LogP contribution in [0.15, 0.2) is 54.7 Å². The van der Waals surface area contributed by atoms with E-state index in [1.54, 1.807) is 16.8 Å². The fourth-order valence-corrected chi connectivity index (χ4v) is 3.27. The molecule has 6 nitrogen and oxygen atoms in total. The maximum Gasteiger partial charge on any atom is 0.233 e. The molecule has 1 heterocycles. The molecule has 4 rings (SSSR count). The van der Waals surface area contributed by atoms with Crippen LogP contribution in [0.1, 0.15) is 29.9 Å². The fraction of sp³-hybridized carbons (Fsp3) is 0.286. The third kappa shape index (κ3) is 3.75. The summed E-state index contributed by atoms with van der Waals surface area (Å²) in [5.41, 5.74) is 4.42. The standard InChI is InChI=1S/C21H24N4O2/c1-24(22)20-5-3-4-18(15-6-7-15)19(20)14-27-21-12-13-25(23-21)16-8-10-17(26-2)11-9-16/h3-5,8-13,15H,6-7,14,22H2,1-2H3. The highest BCUT2D eigenvalue weighted by Crippen LogP contribution is 2.43. The first-order valence-corrected chi connectivity index (χ1v) is 9.09. The number of methoxy groups -OCH3 is 1. The summed E-state index contributed by atoms with van der Waals surface area (Å²) in [7, 11) is 3.51. The molecule has 1 aliphatic carbocycles. The molecule has 0 atom stereocenters. The van der Waals surface area contributed by atoms with Crippen LogP contribution < -0.4 is 20.3 Å². The Morgan fingerprint density at radius 1 is 1.15 bits per heavy atom. The first kappa shape index (κ1) is 17.4.